The Hall–Kier alpha value is -0.960. The maximum absolute atomic E-state index is 11.0. The third kappa shape index (κ3) is 2.28. The molecule has 0 spiro atoms. The minimum absolute atomic E-state index is 0.0779. The van der Waals surface area contributed by atoms with Gasteiger partial charge in [0.1, 0.15) is 6.16 Å². The minimum atomic E-state index is -3.95. The number of nitrogens with zero attached hydrogens (tertiary/aromatic N) is 1. The molecule has 1 heterocycles. The largest absolute Gasteiger partial charge is 0.331 e. The first-order valence-corrected chi connectivity index (χ1v) is 7.79. The molecule has 4 nitrogen and oxygen atoms in total. The molecule has 0 atom stereocenters. The molecule has 0 amide bonds. The van der Waals surface area contributed by atoms with Crippen molar-refractivity contribution in [1.29, 1.82) is 0 Å². The van der Waals surface area contributed by atoms with Gasteiger partial charge in [-0.25, -0.2) is 0 Å². The highest BCUT2D eigenvalue weighted by Crippen LogP contribution is 2.40. The number of hydrogen-bond acceptors (Lipinski definition) is 1. The Kier molecular flexibility index (Phi) is 3.22. The predicted octanol–water partition coefficient (Wildman–Crippen LogP) is 2.26. The van der Waals surface area contributed by atoms with Crippen LogP contribution in [-0.4, -0.2) is 32.8 Å². The summed E-state index contributed by atoms with van der Waals surface area (Å²) in [6.45, 7) is 6.66. The molecule has 18 heavy (non-hydrogen) atoms. The Bertz CT molecular complexity index is 557. The molecule has 0 aliphatic carbocycles. The molecule has 98 valence electrons. The molecule has 0 saturated carbocycles. The second-order valence-electron chi connectivity index (χ2n) is 5.27. The van der Waals surface area contributed by atoms with Crippen LogP contribution in [0.15, 0.2) is 24.3 Å². The molecule has 2 rings (SSSR count). The average molecular weight is 268 g/mol. The summed E-state index contributed by atoms with van der Waals surface area (Å²) in [5, 5.41) is 0. The first kappa shape index (κ1) is 13.5. The van der Waals surface area contributed by atoms with Crippen LogP contribution in [0.5, 0.6) is 0 Å². The lowest BCUT2D eigenvalue weighted by Crippen LogP contribution is -2.27. The molecule has 2 N–H and O–H groups in total. The van der Waals surface area contributed by atoms with Crippen molar-refractivity contribution in [3.8, 4) is 0 Å². The maximum atomic E-state index is 11.0. The van der Waals surface area contributed by atoms with Gasteiger partial charge in [0, 0.05) is 18.6 Å². The molecule has 1 aliphatic heterocycles. The molecule has 0 saturated heterocycles. The molecule has 5 heteroatoms. The first-order valence-electron chi connectivity index (χ1n) is 5.99. The van der Waals surface area contributed by atoms with Crippen LogP contribution in [0.25, 0.3) is 0 Å². The lowest BCUT2D eigenvalue weighted by Gasteiger charge is -2.14. The fourth-order valence-corrected chi connectivity index (χ4v) is 2.93. The summed E-state index contributed by atoms with van der Waals surface area (Å²) in [7, 11) is -3.95. The van der Waals surface area contributed by atoms with Gasteiger partial charge in [0.15, 0.2) is 12.3 Å². The van der Waals surface area contributed by atoms with Crippen molar-refractivity contribution < 1.29 is 18.9 Å². The number of hydrogen-bond donors (Lipinski definition) is 2. The SMILES string of the molecule is CC1=[N+](CCP(=O)(O)O)c2ccccc2C1(C)C. The molecule has 0 aromatic heterocycles. The number of para-hydroxylation sites is 1. The van der Waals surface area contributed by atoms with Crippen LogP contribution in [0, 0.1) is 0 Å². The average Bonchev–Trinajstić information content (AvgIpc) is 2.45. The van der Waals surface area contributed by atoms with E-state index in [1.165, 1.54) is 5.56 Å². The van der Waals surface area contributed by atoms with Gasteiger partial charge in [0.05, 0.1) is 5.41 Å². The summed E-state index contributed by atoms with van der Waals surface area (Å²) in [5.74, 6) is 0. The van der Waals surface area contributed by atoms with Crippen LogP contribution in [0.1, 0.15) is 26.3 Å². The van der Waals surface area contributed by atoms with E-state index in [2.05, 4.69) is 19.9 Å². The van der Waals surface area contributed by atoms with Gasteiger partial charge in [-0.05, 0) is 13.8 Å². The first-order chi connectivity index (χ1) is 8.23. The van der Waals surface area contributed by atoms with Crippen molar-refractivity contribution in [1.82, 2.24) is 0 Å². The Balaban J connectivity index is 2.41. The standard InChI is InChI=1S/C13H18NO3P/c1-10-13(2,3)11-6-4-5-7-12(11)14(10)8-9-18(15,16)17/h4-7H,8-9H2,1-3H3,(H-,15,16,17)/p+1. The Morgan fingerprint density at radius 1 is 1.28 bits per heavy atom. The fourth-order valence-electron chi connectivity index (χ4n) is 2.47. The van der Waals surface area contributed by atoms with Crippen LogP contribution in [0.4, 0.5) is 5.69 Å². The Morgan fingerprint density at radius 3 is 2.50 bits per heavy atom. The van der Waals surface area contributed by atoms with Gasteiger partial charge < -0.3 is 9.79 Å². The van der Waals surface area contributed by atoms with E-state index in [9.17, 15) is 4.57 Å². The molecule has 1 aliphatic rings. The van der Waals surface area contributed by atoms with E-state index in [1.54, 1.807) is 0 Å². The lowest BCUT2D eigenvalue weighted by molar-refractivity contribution is -0.433. The van der Waals surface area contributed by atoms with Crippen molar-refractivity contribution in [2.24, 2.45) is 0 Å². The normalized spacial score (nSPS) is 18.1. The van der Waals surface area contributed by atoms with Crippen LogP contribution >= 0.6 is 7.60 Å². The topological polar surface area (TPSA) is 60.5 Å². The van der Waals surface area contributed by atoms with Crippen LogP contribution in [0.2, 0.25) is 0 Å². The van der Waals surface area contributed by atoms with Gasteiger partial charge in [-0.1, -0.05) is 18.2 Å². The van der Waals surface area contributed by atoms with Gasteiger partial charge in [-0.2, -0.15) is 4.58 Å². The third-order valence-corrected chi connectivity index (χ3v) is 4.58. The van der Waals surface area contributed by atoms with Crippen LogP contribution < -0.4 is 0 Å². The number of rotatable bonds is 3. The van der Waals surface area contributed by atoms with Crippen LogP contribution in [0.3, 0.4) is 0 Å². The quantitative estimate of drug-likeness (QED) is 0.653. The zero-order chi connectivity index (χ0) is 13.6. The van der Waals surface area contributed by atoms with E-state index in [1.807, 2.05) is 29.7 Å². The van der Waals surface area contributed by atoms with Crippen molar-refractivity contribution in [2.75, 3.05) is 12.7 Å². The van der Waals surface area contributed by atoms with E-state index in [0.717, 1.165) is 11.4 Å². The second-order valence-corrected chi connectivity index (χ2v) is 7.04. The molecular formula is C13H19NO3P+. The lowest BCUT2D eigenvalue weighted by atomic mass is 9.82. The molecule has 0 unspecified atom stereocenters. The van der Waals surface area contributed by atoms with Crippen molar-refractivity contribution in [3.05, 3.63) is 29.8 Å². The summed E-state index contributed by atoms with van der Waals surface area (Å²) in [4.78, 5) is 18.0. The van der Waals surface area contributed by atoms with Crippen molar-refractivity contribution in [3.63, 3.8) is 0 Å². The van der Waals surface area contributed by atoms with Gasteiger partial charge in [-0.3, -0.25) is 4.57 Å². The highest BCUT2D eigenvalue weighted by Gasteiger charge is 2.42. The molecule has 0 bridgehead atoms. The minimum Gasteiger partial charge on any atom is -0.324 e. The van der Waals surface area contributed by atoms with Gasteiger partial charge in [0.2, 0.25) is 5.69 Å². The van der Waals surface area contributed by atoms with E-state index in [0.29, 0.717) is 6.54 Å². The van der Waals surface area contributed by atoms with Crippen molar-refractivity contribution in [2.45, 2.75) is 26.2 Å². The second kappa shape index (κ2) is 4.30. The smallest absolute Gasteiger partial charge is 0.324 e. The summed E-state index contributed by atoms with van der Waals surface area (Å²) in [6, 6.07) is 8.04. The van der Waals surface area contributed by atoms with E-state index in [4.69, 9.17) is 9.79 Å². The zero-order valence-electron chi connectivity index (χ0n) is 10.9. The highest BCUT2D eigenvalue weighted by molar-refractivity contribution is 7.51. The van der Waals surface area contributed by atoms with Crippen molar-refractivity contribution >= 4 is 19.0 Å². The summed E-state index contributed by atoms with van der Waals surface area (Å²) in [6.07, 6.45) is -0.116. The highest BCUT2D eigenvalue weighted by atomic mass is 31.2. The predicted molar refractivity (Wildman–Crippen MR) is 71.8 cm³/mol. The molecule has 0 fully saturated rings. The Labute approximate surface area is 107 Å². The zero-order valence-corrected chi connectivity index (χ0v) is 11.8. The van der Waals surface area contributed by atoms with Gasteiger partial charge in [0.25, 0.3) is 0 Å². The number of fused-ring (bicyclic) bond motifs is 1. The summed E-state index contributed by atoms with van der Waals surface area (Å²) < 4.78 is 13.0. The molecule has 1 aromatic rings. The summed E-state index contributed by atoms with van der Waals surface area (Å²) >= 11 is 0. The summed E-state index contributed by atoms with van der Waals surface area (Å²) in [5.41, 5.74) is 3.34. The fraction of sp³-hybridized carbons (Fsp3) is 0.462. The monoisotopic (exact) mass is 268 g/mol. The maximum Gasteiger partial charge on any atom is 0.331 e. The van der Waals surface area contributed by atoms with Crippen LogP contribution in [-0.2, 0) is 9.98 Å². The molecule has 1 aromatic carbocycles. The Morgan fingerprint density at radius 2 is 1.89 bits per heavy atom. The van der Waals surface area contributed by atoms with Gasteiger partial charge >= 0.3 is 7.60 Å². The third-order valence-electron chi connectivity index (χ3n) is 3.79. The molecular weight excluding hydrogens is 249 g/mol. The van der Waals surface area contributed by atoms with Gasteiger partial charge in [-0.15, -0.1) is 0 Å². The molecule has 0 radical (unpaired) electrons. The van der Waals surface area contributed by atoms with E-state index in [-0.39, 0.29) is 11.6 Å². The number of benzene rings is 1. The van der Waals surface area contributed by atoms with E-state index < -0.39 is 7.60 Å². The van der Waals surface area contributed by atoms with E-state index >= 15 is 0 Å².